The Hall–Kier alpha value is -1.94. The molecular formula is C22H31N3O. The zero-order valence-corrected chi connectivity index (χ0v) is 16.8. The fraction of sp³-hybridized carbons (Fsp3) is 0.545. The molecule has 0 unspecified atom stereocenters. The van der Waals surface area contributed by atoms with E-state index in [0.717, 1.165) is 60.4 Å². The maximum absolute atomic E-state index is 13.2. The van der Waals surface area contributed by atoms with E-state index in [1.807, 2.05) is 24.0 Å². The molecule has 3 rings (SSSR count). The first kappa shape index (κ1) is 18.8. The number of carbonyl (C=O) groups excluding carboxylic acids is 1. The van der Waals surface area contributed by atoms with Crippen LogP contribution in [0.25, 0.3) is 10.9 Å². The SMILES string of the molecule is Cc1ccc2nc(C)cc(C(=O)N3CCN(CCC(C)(C)C)CC3)c2c1. The Labute approximate surface area is 157 Å². The second-order valence-corrected chi connectivity index (χ2v) is 8.78. The highest BCUT2D eigenvalue weighted by molar-refractivity contribution is 6.06. The first-order valence-electron chi connectivity index (χ1n) is 9.63. The molecule has 1 fully saturated rings. The third-order valence-electron chi connectivity index (χ3n) is 5.16. The van der Waals surface area contributed by atoms with Crippen LogP contribution in [-0.2, 0) is 0 Å². The van der Waals surface area contributed by atoms with Gasteiger partial charge in [0.05, 0.1) is 11.1 Å². The molecule has 0 saturated carbocycles. The number of nitrogens with zero attached hydrogens (tertiary/aromatic N) is 3. The van der Waals surface area contributed by atoms with Gasteiger partial charge in [-0.2, -0.15) is 0 Å². The van der Waals surface area contributed by atoms with E-state index in [4.69, 9.17) is 0 Å². The smallest absolute Gasteiger partial charge is 0.254 e. The van der Waals surface area contributed by atoms with E-state index >= 15 is 0 Å². The van der Waals surface area contributed by atoms with Crippen molar-refractivity contribution in [1.82, 2.24) is 14.8 Å². The number of carbonyl (C=O) groups is 1. The first-order valence-corrected chi connectivity index (χ1v) is 9.63. The van der Waals surface area contributed by atoms with Crippen molar-refractivity contribution in [3.8, 4) is 0 Å². The molecule has 1 saturated heterocycles. The molecule has 4 nitrogen and oxygen atoms in total. The highest BCUT2D eigenvalue weighted by Gasteiger charge is 2.24. The summed E-state index contributed by atoms with van der Waals surface area (Å²) in [6, 6.07) is 8.08. The quantitative estimate of drug-likeness (QED) is 0.835. The molecule has 0 N–H and O–H groups in total. The average molecular weight is 354 g/mol. The lowest BCUT2D eigenvalue weighted by Crippen LogP contribution is -2.49. The minimum Gasteiger partial charge on any atom is -0.336 e. The molecule has 26 heavy (non-hydrogen) atoms. The number of hydrogen-bond acceptors (Lipinski definition) is 3. The van der Waals surface area contributed by atoms with Gasteiger partial charge in [-0.25, -0.2) is 0 Å². The zero-order chi connectivity index (χ0) is 18.9. The molecule has 1 amide bonds. The summed E-state index contributed by atoms with van der Waals surface area (Å²) in [4.78, 5) is 22.3. The number of piperazine rings is 1. The van der Waals surface area contributed by atoms with Crippen LogP contribution in [0.1, 0.15) is 48.8 Å². The predicted molar refractivity (Wildman–Crippen MR) is 108 cm³/mol. The summed E-state index contributed by atoms with van der Waals surface area (Å²) in [5.41, 5.74) is 4.11. The lowest BCUT2D eigenvalue weighted by atomic mass is 9.92. The Morgan fingerprint density at radius 2 is 1.77 bits per heavy atom. The van der Waals surface area contributed by atoms with Crippen molar-refractivity contribution in [2.24, 2.45) is 5.41 Å². The third-order valence-corrected chi connectivity index (χ3v) is 5.16. The summed E-state index contributed by atoms with van der Waals surface area (Å²) in [6.45, 7) is 15.5. The number of rotatable bonds is 3. The summed E-state index contributed by atoms with van der Waals surface area (Å²) in [5.74, 6) is 0.140. The number of amides is 1. The number of benzene rings is 1. The van der Waals surface area contributed by atoms with Gasteiger partial charge in [-0.05, 0) is 50.4 Å². The molecule has 1 aliphatic rings. The fourth-order valence-electron chi connectivity index (χ4n) is 3.49. The van der Waals surface area contributed by atoms with Crippen molar-refractivity contribution >= 4 is 16.8 Å². The largest absolute Gasteiger partial charge is 0.336 e. The zero-order valence-electron chi connectivity index (χ0n) is 16.8. The normalized spacial score (nSPS) is 16.3. The van der Waals surface area contributed by atoms with Crippen LogP contribution < -0.4 is 0 Å². The number of pyridine rings is 1. The molecule has 2 heterocycles. The van der Waals surface area contributed by atoms with Crippen LogP contribution in [0.15, 0.2) is 24.3 Å². The van der Waals surface area contributed by atoms with E-state index in [1.54, 1.807) is 0 Å². The van der Waals surface area contributed by atoms with Gasteiger partial charge in [0.25, 0.3) is 5.91 Å². The molecule has 140 valence electrons. The van der Waals surface area contributed by atoms with E-state index in [1.165, 1.54) is 6.42 Å². The van der Waals surface area contributed by atoms with Crippen molar-refractivity contribution in [2.45, 2.75) is 41.0 Å². The van der Waals surface area contributed by atoms with Crippen LogP contribution in [0.4, 0.5) is 0 Å². The van der Waals surface area contributed by atoms with Gasteiger partial charge in [0.1, 0.15) is 0 Å². The minimum atomic E-state index is 0.140. The third kappa shape index (κ3) is 4.42. The van der Waals surface area contributed by atoms with Crippen molar-refractivity contribution in [1.29, 1.82) is 0 Å². The van der Waals surface area contributed by atoms with Gasteiger partial charge < -0.3 is 4.90 Å². The highest BCUT2D eigenvalue weighted by Crippen LogP contribution is 2.23. The maximum Gasteiger partial charge on any atom is 0.254 e. The minimum absolute atomic E-state index is 0.140. The summed E-state index contributed by atoms with van der Waals surface area (Å²) in [6.07, 6.45) is 1.19. The molecule has 0 atom stereocenters. The molecular weight excluding hydrogens is 322 g/mol. The van der Waals surface area contributed by atoms with Gasteiger partial charge in [-0.15, -0.1) is 0 Å². The molecule has 0 bridgehead atoms. The van der Waals surface area contributed by atoms with Gasteiger partial charge in [-0.1, -0.05) is 32.4 Å². The first-order chi connectivity index (χ1) is 12.2. The van der Waals surface area contributed by atoms with Crippen LogP contribution in [0.2, 0.25) is 0 Å². The molecule has 2 aromatic rings. The van der Waals surface area contributed by atoms with Gasteiger partial charge >= 0.3 is 0 Å². The number of hydrogen-bond donors (Lipinski definition) is 0. The van der Waals surface area contributed by atoms with Crippen molar-refractivity contribution in [3.05, 3.63) is 41.1 Å². The van der Waals surface area contributed by atoms with Crippen LogP contribution in [-0.4, -0.2) is 53.4 Å². The predicted octanol–water partition coefficient (Wildman–Crippen LogP) is 4.05. The molecule has 1 aromatic heterocycles. The Kier molecular flexibility index (Phi) is 5.33. The average Bonchev–Trinajstić information content (AvgIpc) is 2.59. The second-order valence-electron chi connectivity index (χ2n) is 8.78. The van der Waals surface area contributed by atoms with Crippen LogP contribution in [0.3, 0.4) is 0 Å². The van der Waals surface area contributed by atoms with E-state index in [-0.39, 0.29) is 5.91 Å². The maximum atomic E-state index is 13.2. The van der Waals surface area contributed by atoms with Gasteiger partial charge in [0, 0.05) is 37.3 Å². The molecule has 0 spiro atoms. The Morgan fingerprint density at radius 3 is 2.42 bits per heavy atom. The van der Waals surface area contributed by atoms with Gasteiger partial charge in [0.15, 0.2) is 0 Å². The van der Waals surface area contributed by atoms with E-state index < -0.39 is 0 Å². The Bertz CT molecular complexity index is 799. The van der Waals surface area contributed by atoms with Crippen molar-refractivity contribution in [2.75, 3.05) is 32.7 Å². The lowest BCUT2D eigenvalue weighted by Gasteiger charge is -2.36. The second kappa shape index (κ2) is 7.36. The van der Waals surface area contributed by atoms with Crippen molar-refractivity contribution < 1.29 is 4.79 Å². The standard InChI is InChI=1S/C22H31N3O/c1-16-6-7-20-18(14-16)19(15-17(2)23-20)21(26)25-12-10-24(11-13-25)9-8-22(3,4)5/h6-7,14-15H,8-13H2,1-5H3. The van der Waals surface area contributed by atoms with Crippen LogP contribution >= 0.6 is 0 Å². The Morgan fingerprint density at radius 1 is 1.08 bits per heavy atom. The van der Waals surface area contributed by atoms with Gasteiger partial charge in [-0.3, -0.25) is 14.7 Å². The Balaban J connectivity index is 1.73. The van der Waals surface area contributed by atoms with E-state index in [9.17, 15) is 4.79 Å². The number of fused-ring (bicyclic) bond motifs is 1. The molecule has 1 aliphatic heterocycles. The molecule has 1 aromatic carbocycles. The van der Waals surface area contributed by atoms with E-state index in [0.29, 0.717) is 5.41 Å². The summed E-state index contributed by atoms with van der Waals surface area (Å²) >= 11 is 0. The highest BCUT2D eigenvalue weighted by atomic mass is 16.2. The summed E-state index contributed by atoms with van der Waals surface area (Å²) < 4.78 is 0. The fourth-order valence-corrected chi connectivity index (χ4v) is 3.49. The summed E-state index contributed by atoms with van der Waals surface area (Å²) in [7, 11) is 0. The van der Waals surface area contributed by atoms with Gasteiger partial charge in [0.2, 0.25) is 0 Å². The lowest BCUT2D eigenvalue weighted by molar-refractivity contribution is 0.0625. The molecule has 0 aliphatic carbocycles. The molecule has 0 radical (unpaired) electrons. The van der Waals surface area contributed by atoms with Crippen LogP contribution in [0.5, 0.6) is 0 Å². The van der Waals surface area contributed by atoms with Crippen LogP contribution in [0, 0.1) is 19.3 Å². The topological polar surface area (TPSA) is 36.4 Å². The number of aryl methyl sites for hydroxylation is 2. The number of aromatic nitrogens is 1. The summed E-state index contributed by atoms with van der Waals surface area (Å²) in [5, 5.41) is 0.968. The molecule has 4 heteroatoms. The van der Waals surface area contributed by atoms with Crippen molar-refractivity contribution in [3.63, 3.8) is 0 Å². The monoisotopic (exact) mass is 353 g/mol. The van der Waals surface area contributed by atoms with E-state index in [2.05, 4.69) is 49.7 Å².